The summed E-state index contributed by atoms with van der Waals surface area (Å²) in [5, 5.41) is 9.63. The molecule has 3 rings (SSSR count). The van der Waals surface area contributed by atoms with Gasteiger partial charge < -0.3 is 5.32 Å². The smallest absolute Gasteiger partial charge is 0.223 e. The Morgan fingerprint density at radius 2 is 2.41 bits per heavy atom. The molecule has 1 aromatic heterocycles. The number of H-pyrrole nitrogens is 1. The third kappa shape index (κ3) is 1.94. The minimum Gasteiger partial charge on any atom is -0.346 e. The van der Waals surface area contributed by atoms with Crippen molar-refractivity contribution in [1.29, 1.82) is 0 Å². The predicted octanol–water partition coefficient (Wildman–Crippen LogP) is 1.42. The lowest BCUT2D eigenvalue weighted by Crippen LogP contribution is -2.35. The van der Waals surface area contributed by atoms with Crippen LogP contribution in [0.1, 0.15) is 44.5 Å². The maximum Gasteiger partial charge on any atom is 0.223 e. The zero-order valence-corrected chi connectivity index (χ0v) is 10.0. The molecule has 92 valence electrons. The quantitative estimate of drug-likeness (QED) is 0.830. The van der Waals surface area contributed by atoms with Gasteiger partial charge in [-0.15, -0.1) is 0 Å². The Morgan fingerprint density at radius 1 is 1.53 bits per heavy atom. The fraction of sp³-hybridized carbons (Fsp3) is 0.750. The molecule has 1 aromatic rings. The minimum absolute atomic E-state index is 0.0795. The Balaban J connectivity index is 1.60. The molecule has 4 atom stereocenters. The first-order chi connectivity index (χ1) is 8.24. The Labute approximate surface area is 100 Å². The van der Waals surface area contributed by atoms with Crippen LogP contribution in [-0.4, -0.2) is 21.1 Å². The highest BCUT2D eigenvalue weighted by Gasteiger charge is 2.43. The van der Waals surface area contributed by atoms with Gasteiger partial charge >= 0.3 is 0 Å². The molecular weight excluding hydrogens is 216 g/mol. The maximum atomic E-state index is 12.2. The minimum atomic E-state index is -0.0795. The highest BCUT2D eigenvalue weighted by Crippen LogP contribution is 2.48. The van der Waals surface area contributed by atoms with Gasteiger partial charge in [0.15, 0.2) is 0 Å². The van der Waals surface area contributed by atoms with Gasteiger partial charge in [0.05, 0.1) is 6.04 Å². The SMILES string of the molecule is CC(NC(=O)C1CC2CCC1C2)c1ncn[nH]1. The summed E-state index contributed by atoms with van der Waals surface area (Å²) >= 11 is 0. The highest BCUT2D eigenvalue weighted by atomic mass is 16.2. The number of aromatic nitrogens is 3. The third-order valence-electron chi connectivity index (χ3n) is 4.28. The molecule has 0 aliphatic heterocycles. The van der Waals surface area contributed by atoms with E-state index in [4.69, 9.17) is 0 Å². The summed E-state index contributed by atoms with van der Waals surface area (Å²) in [6.07, 6.45) is 6.37. The molecule has 4 unspecified atom stereocenters. The van der Waals surface area contributed by atoms with E-state index in [1.54, 1.807) is 0 Å². The standard InChI is InChI=1S/C12H18N4O/c1-7(11-13-6-14-16-11)15-12(17)10-5-8-2-3-9(10)4-8/h6-10H,2-5H2,1H3,(H,15,17)(H,13,14,16). The molecular formula is C12H18N4O. The van der Waals surface area contributed by atoms with Crippen LogP contribution in [-0.2, 0) is 4.79 Å². The van der Waals surface area contributed by atoms with Crippen molar-refractivity contribution in [3.8, 4) is 0 Å². The number of nitrogens with one attached hydrogen (secondary N) is 2. The van der Waals surface area contributed by atoms with E-state index < -0.39 is 0 Å². The molecule has 1 amide bonds. The summed E-state index contributed by atoms with van der Waals surface area (Å²) < 4.78 is 0. The van der Waals surface area contributed by atoms with Crippen molar-refractivity contribution in [2.24, 2.45) is 17.8 Å². The zero-order chi connectivity index (χ0) is 11.8. The first-order valence-electron chi connectivity index (χ1n) is 6.39. The third-order valence-corrected chi connectivity index (χ3v) is 4.28. The van der Waals surface area contributed by atoms with Crippen molar-refractivity contribution >= 4 is 5.91 Å². The van der Waals surface area contributed by atoms with Crippen molar-refractivity contribution in [2.45, 2.75) is 38.6 Å². The van der Waals surface area contributed by atoms with Gasteiger partial charge in [0.2, 0.25) is 5.91 Å². The monoisotopic (exact) mass is 234 g/mol. The molecule has 5 heteroatoms. The average molecular weight is 234 g/mol. The summed E-state index contributed by atoms with van der Waals surface area (Å²) in [5.74, 6) is 2.58. The second-order valence-electron chi connectivity index (χ2n) is 5.38. The number of fused-ring (bicyclic) bond motifs is 2. The second kappa shape index (κ2) is 4.13. The first-order valence-corrected chi connectivity index (χ1v) is 6.39. The van der Waals surface area contributed by atoms with Crippen LogP contribution in [0, 0.1) is 17.8 Å². The lowest BCUT2D eigenvalue weighted by atomic mass is 9.88. The molecule has 2 fully saturated rings. The van der Waals surface area contributed by atoms with Crippen LogP contribution in [0.5, 0.6) is 0 Å². The number of aromatic amines is 1. The van der Waals surface area contributed by atoms with Gasteiger partial charge in [-0.3, -0.25) is 9.89 Å². The molecule has 2 N–H and O–H groups in total. The lowest BCUT2D eigenvalue weighted by Gasteiger charge is -2.22. The maximum absolute atomic E-state index is 12.2. The van der Waals surface area contributed by atoms with E-state index in [-0.39, 0.29) is 17.9 Å². The summed E-state index contributed by atoms with van der Waals surface area (Å²) in [6.45, 7) is 1.94. The summed E-state index contributed by atoms with van der Waals surface area (Å²) in [6, 6.07) is -0.0795. The molecule has 2 bridgehead atoms. The number of hydrogen-bond donors (Lipinski definition) is 2. The van der Waals surface area contributed by atoms with Crippen molar-refractivity contribution in [1.82, 2.24) is 20.5 Å². The van der Waals surface area contributed by atoms with Crippen LogP contribution >= 0.6 is 0 Å². The van der Waals surface area contributed by atoms with E-state index in [0.29, 0.717) is 5.92 Å². The first kappa shape index (κ1) is 10.7. The van der Waals surface area contributed by atoms with E-state index in [1.165, 1.54) is 25.6 Å². The number of hydrogen-bond acceptors (Lipinski definition) is 3. The van der Waals surface area contributed by atoms with Gasteiger partial charge in [-0.25, -0.2) is 4.98 Å². The molecule has 0 radical (unpaired) electrons. The van der Waals surface area contributed by atoms with E-state index >= 15 is 0 Å². The number of carbonyl (C=O) groups excluding carboxylic acids is 1. The van der Waals surface area contributed by atoms with Crippen LogP contribution in [0.4, 0.5) is 0 Å². The molecule has 0 spiro atoms. The van der Waals surface area contributed by atoms with Crippen LogP contribution < -0.4 is 5.32 Å². The normalized spacial score (nSPS) is 32.6. The average Bonchev–Trinajstić information content (AvgIpc) is 3.05. The van der Waals surface area contributed by atoms with E-state index in [9.17, 15) is 4.79 Å². The van der Waals surface area contributed by atoms with Crippen molar-refractivity contribution < 1.29 is 4.79 Å². The Morgan fingerprint density at radius 3 is 3.00 bits per heavy atom. The molecule has 2 saturated carbocycles. The van der Waals surface area contributed by atoms with Crippen LogP contribution in [0.25, 0.3) is 0 Å². The summed E-state index contributed by atoms with van der Waals surface area (Å²) in [7, 11) is 0. The molecule has 1 heterocycles. The second-order valence-corrected chi connectivity index (χ2v) is 5.38. The predicted molar refractivity (Wildman–Crippen MR) is 61.9 cm³/mol. The van der Waals surface area contributed by atoms with Gasteiger partial charge in [0.25, 0.3) is 0 Å². The molecule has 0 saturated heterocycles. The lowest BCUT2D eigenvalue weighted by molar-refractivity contribution is -0.127. The van der Waals surface area contributed by atoms with Crippen LogP contribution in [0.2, 0.25) is 0 Å². The Bertz CT molecular complexity index is 403. The number of amides is 1. The molecule has 5 nitrogen and oxygen atoms in total. The van der Waals surface area contributed by atoms with Gasteiger partial charge in [-0.1, -0.05) is 6.42 Å². The van der Waals surface area contributed by atoms with Crippen molar-refractivity contribution in [3.63, 3.8) is 0 Å². The zero-order valence-electron chi connectivity index (χ0n) is 10.0. The van der Waals surface area contributed by atoms with E-state index in [2.05, 4.69) is 20.5 Å². The van der Waals surface area contributed by atoms with Crippen molar-refractivity contribution in [2.75, 3.05) is 0 Å². The van der Waals surface area contributed by atoms with Gasteiger partial charge in [0.1, 0.15) is 12.2 Å². The summed E-state index contributed by atoms with van der Waals surface area (Å²) in [4.78, 5) is 16.2. The number of rotatable bonds is 3. The highest BCUT2D eigenvalue weighted by molar-refractivity contribution is 5.79. The van der Waals surface area contributed by atoms with E-state index in [0.717, 1.165) is 18.2 Å². The van der Waals surface area contributed by atoms with Crippen molar-refractivity contribution in [3.05, 3.63) is 12.2 Å². The van der Waals surface area contributed by atoms with Gasteiger partial charge in [-0.05, 0) is 38.0 Å². The number of nitrogens with zero attached hydrogens (tertiary/aromatic N) is 2. The molecule has 2 aliphatic carbocycles. The fourth-order valence-corrected chi connectivity index (χ4v) is 3.38. The number of carbonyl (C=O) groups is 1. The van der Waals surface area contributed by atoms with E-state index in [1.807, 2.05) is 6.92 Å². The Hall–Kier alpha value is -1.39. The largest absolute Gasteiger partial charge is 0.346 e. The van der Waals surface area contributed by atoms with Crippen LogP contribution in [0.15, 0.2) is 6.33 Å². The molecule has 2 aliphatic rings. The summed E-state index contributed by atoms with van der Waals surface area (Å²) in [5.41, 5.74) is 0. The molecule has 0 aromatic carbocycles. The molecule has 17 heavy (non-hydrogen) atoms. The fourth-order valence-electron chi connectivity index (χ4n) is 3.38. The Kier molecular flexibility index (Phi) is 2.61. The van der Waals surface area contributed by atoms with Crippen LogP contribution in [0.3, 0.4) is 0 Å². The van der Waals surface area contributed by atoms with Gasteiger partial charge in [0, 0.05) is 5.92 Å². The topological polar surface area (TPSA) is 70.7 Å². The van der Waals surface area contributed by atoms with Gasteiger partial charge in [-0.2, -0.15) is 5.10 Å².